The van der Waals surface area contributed by atoms with Gasteiger partial charge in [-0.1, -0.05) is 85.0 Å². The number of anilines is 1. The van der Waals surface area contributed by atoms with E-state index in [0.29, 0.717) is 18.7 Å². The minimum Gasteiger partial charge on any atom is -0.394 e. The molecule has 1 N–H and O–H groups in total. The maximum Gasteiger partial charge on any atom is 0.253 e. The van der Waals surface area contributed by atoms with Gasteiger partial charge in [0.25, 0.3) is 5.91 Å². The van der Waals surface area contributed by atoms with E-state index in [4.69, 9.17) is 4.74 Å². The number of hydrogen-bond donors (Lipinski definition) is 1. The van der Waals surface area contributed by atoms with E-state index in [1.54, 1.807) is 16.8 Å². The summed E-state index contributed by atoms with van der Waals surface area (Å²) in [4.78, 5) is 48.3. The largest absolute Gasteiger partial charge is 0.394 e. The number of rotatable bonds is 5. The predicted molar refractivity (Wildman–Crippen MR) is 163 cm³/mol. The zero-order valence-corrected chi connectivity index (χ0v) is 24.3. The molecule has 1 spiro atoms. The van der Waals surface area contributed by atoms with E-state index < -0.39 is 35.1 Å². The number of ether oxygens (including phenoxy) is 1. The number of aliphatic hydroxyl groups excluding tert-OH is 1. The third kappa shape index (κ3) is 4.15. The molecule has 43 heavy (non-hydrogen) atoms. The number of benzene rings is 3. The highest BCUT2D eigenvalue weighted by Crippen LogP contribution is 2.58. The summed E-state index contributed by atoms with van der Waals surface area (Å²) < 4.78 is 6.90. The molecule has 2 saturated heterocycles. The number of fused-ring (bicyclic) bond motifs is 3. The number of nitrogens with zero attached hydrogens (tertiary/aromatic N) is 3. The van der Waals surface area contributed by atoms with E-state index >= 15 is 0 Å². The second kappa shape index (κ2) is 10.2. The summed E-state index contributed by atoms with van der Waals surface area (Å²) in [6.45, 7) is 2.18. The second-order valence-corrected chi connectivity index (χ2v) is 12.3. The Balaban J connectivity index is 1.38. The molecule has 0 saturated carbocycles. The Morgan fingerprint density at radius 1 is 0.860 bits per heavy atom. The molecule has 3 amide bonds. The average Bonchev–Trinajstić information content (AvgIpc) is 3.30. The van der Waals surface area contributed by atoms with Crippen LogP contribution in [0.2, 0.25) is 0 Å². The van der Waals surface area contributed by atoms with Gasteiger partial charge < -0.3 is 24.5 Å². The molecule has 0 aliphatic carbocycles. The van der Waals surface area contributed by atoms with Gasteiger partial charge >= 0.3 is 0 Å². The molecule has 3 aromatic carbocycles. The molecule has 2 fully saturated rings. The maximum atomic E-state index is 14.9. The molecule has 8 heteroatoms. The lowest BCUT2D eigenvalue weighted by Crippen LogP contribution is -2.59. The summed E-state index contributed by atoms with van der Waals surface area (Å²) in [5, 5.41) is 12.8. The summed E-state index contributed by atoms with van der Waals surface area (Å²) in [5.74, 6) is -2.58. The highest BCUT2D eigenvalue weighted by Gasteiger charge is 2.75. The fraction of sp³-hybridized carbons (Fsp3) is 0.343. The Morgan fingerprint density at radius 3 is 2.35 bits per heavy atom. The number of carbonyl (C=O) groups excluding carboxylic acids is 3. The van der Waals surface area contributed by atoms with Crippen LogP contribution >= 0.6 is 0 Å². The summed E-state index contributed by atoms with van der Waals surface area (Å²) in [6, 6.07) is 21.7. The van der Waals surface area contributed by atoms with Crippen LogP contribution in [0.5, 0.6) is 0 Å². The Labute approximate surface area is 250 Å². The number of aliphatic hydroxyl groups is 1. The highest BCUT2D eigenvalue weighted by molar-refractivity contribution is 6.07. The molecular weight excluding hydrogens is 542 g/mol. The Bertz CT molecular complexity index is 1670. The molecule has 3 aromatic rings. The molecule has 6 atom stereocenters. The van der Waals surface area contributed by atoms with Crippen molar-refractivity contribution in [1.29, 1.82) is 0 Å². The van der Waals surface area contributed by atoms with Crippen molar-refractivity contribution in [2.75, 3.05) is 31.6 Å². The molecule has 8 nitrogen and oxygen atoms in total. The van der Waals surface area contributed by atoms with Gasteiger partial charge in [0.1, 0.15) is 11.6 Å². The van der Waals surface area contributed by atoms with Gasteiger partial charge in [0.2, 0.25) is 11.8 Å². The van der Waals surface area contributed by atoms with Crippen LogP contribution in [0.4, 0.5) is 5.69 Å². The minimum absolute atomic E-state index is 0.191. The van der Waals surface area contributed by atoms with Crippen molar-refractivity contribution in [2.24, 2.45) is 11.8 Å². The normalized spacial score (nSPS) is 30.7. The SMILES string of the molecule is CN1CC=C[C@@]2(C)O[C@]34C=CCN(c5ccc6ccccc6c5)C(=O)C3N([C@@H](CO)Cc3ccccc3)C(=O)[C@@H]4[C@H]2C1=O. The van der Waals surface area contributed by atoms with Crippen LogP contribution in [-0.2, 0) is 25.5 Å². The van der Waals surface area contributed by atoms with Crippen molar-refractivity contribution < 1.29 is 24.2 Å². The van der Waals surface area contributed by atoms with Crippen molar-refractivity contribution in [3.8, 4) is 0 Å². The van der Waals surface area contributed by atoms with Crippen LogP contribution in [0.25, 0.3) is 10.8 Å². The number of carbonyl (C=O) groups is 3. The van der Waals surface area contributed by atoms with Gasteiger partial charge in [-0.25, -0.2) is 0 Å². The van der Waals surface area contributed by atoms with Crippen LogP contribution in [0.3, 0.4) is 0 Å². The third-order valence-electron chi connectivity index (χ3n) is 9.66. The first-order valence-corrected chi connectivity index (χ1v) is 14.8. The second-order valence-electron chi connectivity index (χ2n) is 12.3. The van der Waals surface area contributed by atoms with Crippen LogP contribution < -0.4 is 4.90 Å². The van der Waals surface area contributed by atoms with Crippen LogP contribution in [0, 0.1) is 11.8 Å². The monoisotopic (exact) mass is 577 g/mol. The maximum absolute atomic E-state index is 14.9. The van der Waals surface area contributed by atoms with Crippen molar-refractivity contribution in [1.82, 2.24) is 9.80 Å². The lowest BCUT2D eigenvalue weighted by Gasteiger charge is -2.40. The third-order valence-corrected chi connectivity index (χ3v) is 9.66. The zero-order valence-electron chi connectivity index (χ0n) is 24.3. The molecule has 0 aromatic heterocycles. The first kappa shape index (κ1) is 27.6. The van der Waals surface area contributed by atoms with Crippen LogP contribution in [-0.4, -0.2) is 82.7 Å². The number of likely N-dealkylation sites (tertiary alicyclic amines) is 1. The highest BCUT2D eigenvalue weighted by atomic mass is 16.5. The summed E-state index contributed by atoms with van der Waals surface area (Å²) >= 11 is 0. The van der Waals surface area contributed by atoms with E-state index in [1.165, 1.54) is 4.90 Å². The van der Waals surface area contributed by atoms with Crippen LogP contribution in [0.1, 0.15) is 12.5 Å². The lowest BCUT2D eigenvalue weighted by molar-refractivity contribution is -0.150. The van der Waals surface area contributed by atoms with E-state index in [1.807, 2.05) is 104 Å². The fourth-order valence-electron chi connectivity index (χ4n) is 7.69. The first-order valence-electron chi connectivity index (χ1n) is 14.8. The fourth-order valence-corrected chi connectivity index (χ4v) is 7.69. The predicted octanol–water partition coefficient (Wildman–Crippen LogP) is 3.35. The molecule has 0 radical (unpaired) electrons. The number of amides is 3. The van der Waals surface area contributed by atoms with E-state index in [2.05, 4.69) is 0 Å². The first-order chi connectivity index (χ1) is 20.8. The number of hydrogen-bond acceptors (Lipinski definition) is 5. The molecule has 4 aliphatic rings. The van der Waals surface area contributed by atoms with Gasteiger partial charge in [0, 0.05) is 25.8 Å². The number of likely N-dealkylation sites (N-methyl/N-ethyl adjacent to an activating group) is 1. The van der Waals surface area contributed by atoms with Crippen molar-refractivity contribution >= 4 is 34.2 Å². The lowest BCUT2D eigenvalue weighted by atomic mass is 9.74. The molecule has 1 unspecified atom stereocenters. The molecular formula is C35H35N3O5. The molecule has 4 aliphatic heterocycles. The Kier molecular flexibility index (Phi) is 6.52. The molecule has 220 valence electrons. The van der Waals surface area contributed by atoms with E-state index in [9.17, 15) is 19.5 Å². The smallest absolute Gasteiger partial charge is 0.253 e. The quantitative estimate of drug-likeness (QED) is 0.470. The van der Waals surface area contributed by atoms with Crippen molar-refractivity contribution in [3.05, 3.63) is 103 Å². The topological polar surface area (TPSA) is 90.4 Å². The average molecular weight is 578 g/mol. The Hall–Kier alpha value is -4.27. The summed E-state index contributed by atoms with van der Waals surface area (Å²) in [5.41, 5.74) is -0.827. The standard InChI is InChI=1S/C35H35N3O5/c1-34-16-8-18-36(2)31(40)28(34)29-32(41)38(27(22-39)20-23-10-4-3-5-11-23)30-33(42)37(19-9-17-35(29,30)43-34)26-15-14-24-12-6-7-13-25(24)21-26/h3-17,21,27-30,39H,18-20,22H2,1-2H3/t27-,28+,29+,30?,34-,35+/m1/s1. The van der Waals surface area contributed by atoms with Gasteiger partial charge in [-0.2, -0.15) is 0 Å². The Morgan fingerprint density at radius 2 is 1.58 bits per heavy atom. The van der Waals surface area contributed by atoms with E-state index in [0.717, 1.165) is 16.3 Å². The van der Waals surface area contributed by atoms with E-state index in [-0.39, 0.29) is 30.9 Å². The van der Waals surface area contributed by atoms with Gasteiger partial charge in [-0.3, -0.25) is 14.4 Å². The zero-order chi connectivity index (χ0) is 29.9. The summed E-state index contributed by atoms with van der Waals surface area (Å²) in [6.07, 6.45) is 7.84. The molecule has 4 heterocycles. The molecule has 0 bridgehead atoms. The summed E-state index contributed by atoms with van der Waals surface area (Å²) in [7, 11) is 1.72. The van der Waals surface area contributed by atoms with Gasteiger partial charge in [-0.05, 0) is 41.8 Å². The van der Waals surface area contributed by atoms with Gasteiger partial charge in [0.05, 0.1) is 30.1 Å². The van der Waals surface area contributed by atoms with Crippen molar-refractivity contribution in [2.45, 2.75) is 36.6 Å². The minimum atomic E-state index is -1.39. The van der Waals surface area contributed by atoms with Gasteiger partial charge in [0.15, 0.2) is 0 Å². The van der Waals surface area contributed by atoms with Crippen molar-refractivity contribution in [3.63, 3.8) is 0 Å². The van der Waals surface area contributed by atoms with Gasteiger partial charge in [-0.15, -0.1) is 0 Å². The van der Waals surface area contributed by atoms with Crippen LogP contribution in [0.15, 0.2) is 97.1 Å². The molecule has 7 rings (SSSR count).